The third kappa shape index (κ3) is 6.64. The Bertz CT molecular complexity index is 1680. The summed E-state index contributed by atoms with van der Waals surface area (Å²) < 4.78 is 0. The van der Waals surface area contributed by atoms with Gasteiger partial charge in [-0.2, -0.15) is 0 Å². The van der Waals surface area contributed by atoms with Crippen LogP contribution in [-0.2, 0) is 28.8 Å². The van der Waals surface area contributed by atoms with Crippen LogP contribution in [0.25, 0.3) is 0 Å². The summed E-state index contributed by atoms with van der Waals surface area (Å²) in [6.45, 7) is 4.04. The Morgan fingerprint density at radius 1 is 1.33 bits per heavy atom. The van der Waals surface area contributed by atoms with Gasteiger partial charge in [-0.15, -0.1) is 40.4 Å². The number of aliphatic hydroxyl groups excluding tert-OH is 1. The van der Waals surface area contributed by atoms with Gasteiger partial charge >= 0.3 is 11.9 Å². The highest BCUT2D eigenvalue weighted by molar-refractivity contribution is 8.03. The first-order valence-corrected chi connectivity index (χ1v) is 16.8. The number of amides is 3. The van der Waals surface area contributed by atoms with E-state index in [2.05, 4.69) is 26.0 Å². The zero-order valence-corrected chi connectivity index (χ0v) is 27.9. The molecular formula is C25H31N11O9S3. The van der Waals surface area contributed by atoms with Gasteiger partial charge in [0.15, 0.2) is 22.4 Å². The number of aliphatic imine (C=N–C) groups is 1. The van der Waals surface area contributed by atoms with E-state index in [9.17, 15) is 39.3 Å². The second-order valence-electron chi connectivity index (χ2n) is 11.3. The third-order valence-electron chi connectivity index (χ3n) is 7.44. The first-order valence-electron chi connectivity index (χ1n) is 13.9. The average molecular weight is 726 g/mol. The van der Waals surface area contributed by atoms with Gasteiger partial charge in [0, 0.05) is 29.5 Å². The zero-order valence-electron chi connectivity index (χ0n) is 25.4. The fourth-order valence-electron chi connectivity index (χ4n) is 4.67. The smallest absolute Gasteiger partial charge is 0.354 e. The van der Waals surface area contributed by atoms with Crippen molar-refractivity contribution in [2.45, 2.75) is 44.0 Å². The number of oxime groups is 1. The highest BCUT2D eigenvalue weighted by Crippen LogP contribution is 2.45. The van der Waals surface area contributed by atoms with Crippen molar-refractivity contribution in [2.75, 3.05) is 23.8 Å². The molecule has 10 N–H and O–H groups in total. The van der Waals surface area contributed by atoms with Crippen LogP contribution in [-0.4, -0.2) is 118 Å². The van der Waals surface area contributed by atoms with Crippen molar-refractivity contribution < 1.29 is 44.1 Å². The number of anilines is 1. The molecular weight excluding hydrogens is 695 g/mol. The molecule has 20 nitrogen and oxygen atoms in total. The molecule has 3 unspecified atom stereocenters. The van der Waals surface area contributed by atoms with E-state index in [1.807, 2.05) is 5.43 Å². The molecule has 3 amide bonds. The number of fused-ring (bicyclic) bond motifs is 2. The minimum absolute atomic E-state index is 0.0379. The minimum atomic E-state index is -1.57. The largest absolute Gasteiger partial charge is 0.481 e. The maximum Gasteiger partial charge on any atom is 0.354 e. The van der Waals surface area contributed by atoms with Crippen molar-refractivity contribution in [3.05, 3.63) is 34.2 Å². The number of carbonyl (C=O) groups is 5. The van der Waals surface area contributed by atoms with E-state index in [0.717, 1.165) is 34.9 Å². The van der Waals surface area contributed by atoms with Crippen LogP contribution in [0.4, 0.5) is 5.13 Å². The molecule has 2 saturated heterocycles. The second-order valence-corrected chi connectivity index (χ2v) is 14.3. The number of nitrogens with zero attached hydrogens (tertiary/aromatic N) is 6. The number of hydrogen-bond donors (Lipinski definition) is 8. The molecule has 1 aromatic heterocycles. The number of hydrazine groups is 3. The van der Waals surface area contributed by atoms with E-state index >= 15 is 0 Å². The summed E-state index contributed by atoms with van der Waals surface area (Å²) in [5, 5.41) is 40.3. The van der Waals surface area contributed by atoms with Crippen molar-refractivity contribution in [3.8, 4) is 0 Å². The van der Waals surface area contributed by atoms with Crippen molar-refractivity contribution in [2.24, 2.45) is 21.4 Å². The SMILES string of the molecule is CC(O)N1C=C2N=C(C(=O)O)C=C(SCC3(C(=O)O)CS[C@@H]4C(NC(=O)C(=NOC(C)(C)C(=O)NN)c5csc(N)n5)C(=O)N4C3)N2N1. The molecule has 0 bridgehead atoms. The topological polar surface area (TPSA) is 291 Å². The highest BCUT2D eigenvalue weighted by Gasteiger charge is 2.58. The summed E-state index contributed by atoms with van der Waals surface area (Å²) in [6.07, 6.45) is 1.70. The van der Waals surface area contributed by atoms with Gasteiger partial charge in [-0.3, -0.25) is 29.6 Å². The molecule has 2 fully saturated rings. The van der Waals surface area contributed by atoms with Gasteiger partial charge in [0.05, 0.1) is 11.2 Å². The number of aliphatic carboxylic acids is 2. The number of β-lactam (4-membered cyclic amide) rings is 1. The Morgan fingerprint density at radius 3 is 2.67 bits per heavy atom. The van der Waals surface area contributed by atoms with Crippen LogP contribution >= 0.6 is 34.9 Å². The molecule has 0 saturated carbocycles. The molecule has 48 heavy (non-hydrogen) atoms. The van der Waals surface area contributed by atoms with Crippen LogP contribution in [0.1, 0.15) is 26.5 Å². The number of rotatable bonds is 12. The van der Waals surface area contributed by atoms with Crippen LogP contribution in [0.2, 0.25) is 0 Å². The molecule has 0 spiro atoms. The molecule has 23 heteroatoms. The standard InChI is InChI=1S/C25H31N11O9S3/c1-10(37)35-5-13-28-11(20(40)41)4-14(36(13)33-35)47-8-25(22(43)44)7-34-18(39)16(19(34)48-9-25)30-17(38)15(12-6-46-23(26)29-12)32-45-24(2,3)21(42)31-27/h4-6,10,16,19,33,37H,7-9,27H2,1-3H3,(H2,26,29)(H,30,38)(H,31,42)(H,40,41)(H,43,44)/t10?,16?,19-,25?/m1/s1. The number of carbonyl (C=O) groups excluding carboxylic acids is 3. The number of hydrogen-bond acceptors (Lipinski definition) is 18. The summed E-state index contributed by atoms with van der Waals surface area (Å²) >= 11 is 3.23. The Balaban J connectivity index is 1.28. The third-order valence-corrected chi connectivity index (χ3v) is 11.0. The Labute approximate surface area is 284 Å². The van der Waals surface area contributed by atoms with Gasteiger partial charge in [0.1, 0.15) is 28.8 Å². The lowest BCUT2D eigenvalue weighted by molar-refractivity contribution is -0.157. The predicted molar refractivity (Wildman–Crippen MR) is 173 cm³/mol. The summed E-state index contributed by atoms with van der Waals surface area (Å²) in [5.74, 6) is 0.788. The van der Waals surface area contributed by atoms with Crippen molar-refractivity contribution >= 4 is 81.1 Å². The number of aromatic nitrogens is 1. The number of thiazole rings is 1. The molecule has 258 valence electrons. The average Bonchev–Trinajstić information content (AvgIpc) is 3.68. The van der Waals surface area contributed by atoms with E-state index < -0.39 is 58.3 Å². The fourth-order valence-corrected chi connectivity index (χ4v) is 8.09. The molecule has 0 radical (unpaired) electrons. The van der Waals surface area contributed by atoms with Crippen molar-refractivity contribution in [1.82, 2.24) is 36.2 Å². The number of carboxylic acids is 2. The number of thioether (sulfide) groups is 2. The zero-order chi connectivity index (χ0) is 35.1. The van der Waals surface area contributed by atoms with Crippen LogP contribution in [0.3, 0.4) is 0 Å². The summed E-state index contributed by atoms with van der Waals surface area (Å²) in [7, 11) is 0. The Kier molecular flexibility index (Phi) is 9.62. The van der Waals surface area contributed by atoms with Crippen LogP contribution in [0, 0.1) is 5.41 Å². The number of carboxylic acid groups (broad SMARTS) is 2. The number of nitrogens with one attached hydrogen (secondary N) is 3. The Morgan fingerprint density at radius 2 is 2.06 bits per heavy atom. The van der Waals surface area contributed by atoms with Crippen LogP contribution < -0.4 is 27.9 Å². The van der Waals surface area contributed by atoms with Crippen LogP contribution in [0.5, 0.6) is 0 Å². The van der Waals surface area contributed by atoms with Gasteiger partial charge in [-0.25, -0.2) is 25.6 Å². The lowest BCUT2D eigenvalue weighted by Crippen LogP contribution is -2.74. The number of nitrogen functional groups attached to an aromatic ring is 1. The molecule has 4 aliphatic rings. The van der Waals surface area contributed by atoms with Crippen molar-refractivity contribution in [1.29, 1.82) is 0 Å². The van der Waals surface area contributed by atoms with Gasteiger partial charge in [-0.1, -0.05) is 5.16 Å². The van der Waals surface area contributed by atoms with Gasteiger partial charge < -0.3 is 36.1 Å². The summed E-state index contributed by atoms with van der Waals surface area (Å²) in [5.41, 5.74) is 6.91. The van der Waals surface area contributed by atoms with Crippen molar-refractivity contribution in [3.63, 3.8) is 0 Å². The molecule has 4 atom stereocenters. The number of aliphatic hydroxyl groups is 1. The first-order chi connectivity index (χ1) is 22.6. The van der Waals surface area contributed by atoms with Crippen LogP contribution in [0.15, 0.2) is 38.7 Å². The van der Waals surface area contributed by atoms with Gasteiger partial charge in [0.25, 0.3) is 11.8 Å². The second kappa shape index (κ2) is 13.2. The van der Waals surface area contributed by atoms with Gasteiger partial charge in [-0.05, 0) is 20.8 Å². The molecule has 1 aromatic rings. The van der Waals surface area contributed by atoms with E-state index in [-0.39, 0.29) is 46.1 Å². The summed E-state index contributed by atoms with van der Waals surface area (Å²) in [6, 6.07) is -1.04. The first kappa shape index (κ1) is 34.9. The summed E-state index contributed by atoms with van der Waals surface area (Å²) in [4.78, 5) is 77.9. The maximum absolute atomic E-state index is 13.4. The fraction of sp³-hybridized carbons (Fsp3) is 0.440. The normalized spacial score (nSPS) is 24.4. The monoisotopic (exact) mass is 725 g/mol. The molecule has 5 heterocycles. The molecule has 0 aromatic carbocycles. The highest BCUT2D eigenvalue weighted by atomic mass is 32.2. The Hall–Kier alpha value is -4.42. The lowest BCUT2D eigenvalue weighted by atomic mass is 9.89. The molecule has 4 aliphatic heterocycles. The molecule has 5 rings (SSSR count). The van der Waals surface area contributed by atoms with E-state index in [1.165, 1.54) is 53.3 Å². The number of nitrogens with two attached hydrogens (primary N) is 2. The van der Waals surface area contributed by atoms with E-state index in [0.29, 0.717) is 5.03 Å². The predicted octanol–water partition coefficient (Wildman–Crippen LogP) is -2.03. The minimum Gasteiger partial charge on any atom is -0.481 e. The van der Waals surface area contributed by atoms with E-state index in [4.69, 9.17) is 16.4 Å². The lowest BCUT2D eigenvalue weighted by Gasteiger charge is -2.53. The van der Waals surface area contributed by atoms with Gasteiger partial charge in [0.2, 0.25) is 11.5 Å². The maximum atomic E-state index is 13.4. The molecule has 0 aliphatic carbocycles. The van der Waals surface area contributed by atoms with E-state index in [1.54, 1.807) is 0 Å². The quantitative estimate of drug-likeness (QED) is 0.0379.